The van der Waals surface area contributed by atoms with Gasteiger partial charge in [-0.25, -0.2) is 23.8 Å². The number of hydrogen-bond donors (Lipinski definition) is 0. The molecule has 0 N–H and O–H groups in total. The number of carbonyl (C=O) groups excluding carboxylic acids is 1. The zero-order valence-electron chi connectivity index (χ0n) is 16.7. The molecule has 0 radical (unpaired) electrons. The van der Waals surface area contributed by atoms with E-state index in [9.17, 15) is 13.6 Å². The number of nitriles is 1. The van der Waals surface area contributed by atoms with E-state index in [0.717, 1.165) is 37.8 Å². The van der Waals surface area contributed by atoms with Crippen molar-refractivity contribution in [2.45, 2.75) is 25.3 Å². The Labute approximate surface area is 178 Å². The van der Waals surface area contributed by atoms with Gasteiger partial charge in [0.25, 0.3) is 0 Å². The van der Waals surface area contributed by atoms with Gasteiger partial charge >= 0.3 is 0 Å². The third-order valence-corrected chi connectivity index (χ3v) is 6.52. The van der Waals surface area contributed by atoms with Gasteiger partial charge in [-0.1, -0.05) is 0 Å². The van der Waals surface area contributed by atoms with Crippen LogP contribution in [0.2, 0.25) is 0 Å². The normalized spacial score (nSPS) is 26.9. The fourth-order valence-electron chi connectivity index (χ4n) is 5.13. The van der Waals surface area contributed by atoms with E-state index in [0.29, 0.717) is 29.5 Å². The van der Waals surface area contributed by atoms with Crippen molar-refractivity contribution in [3.05, 3.63) is 53.5 Å². The molecule has 1 aromatic heterocycles. The number of anilines is 1. The molecule has 1 aromatic carbocycles. The van der Waals surface area contributed by atoms with Crippen LogP contribution in [0.4, 0.5) is 14.6 Å². The van der Waals surface area contributed by atoms with Crippen molar-refractivity contribution < 1.29 is 13.6 Å². The fraction of sp³-hybridized carbons (Fsp3) is 0.409. The second-order valence-corrected chi connectivity index (χ2v) is 8.40. The number of amides is 1. The van der Waals surface area contributed by atoms with Crippen molar-refractivity contribution in [1.29, 1.82) is 5.26 Å². The van der Waals surface area contributed by atoms with Crippen LogP contribution in [0, 0.1) is 40.7 Å². The minimum Gasteiger partial charge on any atom is -0.356 e. The van der Waals surface area contributed by atoms with Crippen molar-refractivity contribution >= 4 is 17.9 Å². The van der Waals surface area contributed by atoms with Gasteiger partial charge in [0.05, 0.1) is 6.04 Å². The topological polar surface area (TPSA) is 85.5 Å². The van der Waals surface area contributed by atoms with Gasteiger partial charge in [0.2, 0.25) is 5.91 Å². The molecule has 3 heterocycles. The molecule has 1 saturated heterocycles. The summed E-state index contributed by atoms with van der Waals surface area (Å²) in [6.07, 6.45) is 4.95. The van der Waals surface area contributed by atoms with Crippen molar-refractivity contribution in [3.8, 4) is 6.07 Å². The summed E-state index contributed by atoms with van der Waals surface area (Å²) in [6.45, 7) is 1.55. The number of carbonyl (C=O) groups is 1. The molecule has 1 aliphatic carbocycles. The number of benzene rings is 1. The van der Waals surface area contributed by atoms with Gasteiger partial charge in [-0.3, -0.25) is 4.79 Å². The largest absolute Gasteiger partial charge is 0.356 e. The molecule has 0 unspecified atom stereocenters. The summed E-state index contributed by atoms with van der Waals surface area (Å²) in [5.74, 6) is -0.118. The Morgan fingerprint density at radius 3 is 2.45 bits per heavy atom. The van der Waals surface area contributed by atoms with Crippen molar-refractivity contribution in [3.63, 3.8) is 0 Å². The van der Waals surface area contributed by atoms with Crippen LogP contribution in [0.1, 0.15) is 36.6 Å². The van der Waals surface area contributed by atoms with E-state index in [1.165, 1.54) is 23.5 Å². The molecular weight excluding hydrogens is 402 g/mol. The van der Waals surface area contributed by atoms with E-state index in [1.807, 2.05) is 6.07 Å². The van der Waals surface area contributed by atoms with E-state index in [2.05, 4.69) is 20.0 Å². The van der Waals surface area contributed by atoms with Crippen molar-refractivity contribution in [2.24, 2.45) is 22.9 Å². The first kappa shape index (κ1) is 19.5. The second-order valence-electron chi connectivity index (χ2n) is 8.40. The summed E-state index contributed by atoms with van der Waals surface area (Å²) in [7, 11) is 0. The molecule has 3 aliphatic rings. The molecule has 0 bridgehead atoms. The Kier molecular flexibility index (Phi) is 4.85. The van der Waals surface area contributed by atoms with Crippen LogP contribution in [0.3, 0.4) is 0 Å². The van der Waals surface area contributed by atoms with Crippen LogP contribution in [0.5, 0.6) is 0 Å². The molecule has 9 heteroatoms. The Morgan fingerprint density at radius 1 is 1.06 bits per heavy atom. The molecule has 2 aliphatic heterocycles. The average Bonchev–Trinajstić information content (AvgIpc) is 3.47. The van der Waals surface area contributed by atoms with E-state index < -0.39 is 17.7 Å². The van der Waals surface area contributed by atoms with Crippen LogP contribution in [0.25, 0.3) is 0 Å². The summed E-state index contributed by atoms with van der Waals surface area (Å²) in [5.41, 5.74) is 0.756. The number of hydrazone groups is 1. The zero-order valence-corrected chi connectivity index (χ0v) is 16.7. The lowest BCUT2D eigenvalue weighted by molar-refractivity contribution is -0.137. The molecule has 1 amide bonds. The molecule has 4 atom stereocenters. The maximum atomic E-state index is 13.7. The quantitative estimate of drug-likeness (QED) is 0.759. The van der Waals surface area contributed by atoms with Crippen LogP contribution < -0.4 is 4.90 Å². The highest BCUT2D eigenvalue weighted by Gasteiger charge is 2.46. The Hall–Kier alpha value is -3.41. The molecule has 2 aromatic rings. The highest BCUT2D eigenvalue weighted by atomic mass is 19.1. The minimum absolute atomic E-state index is 0.0850. The number of hydrogen-bond acceptors (Lipinski definition) is 6. The Balaban J connectivity index is 1.26. The van der Waals surface area contributed by atoms with E-state index in [1.54, 1.807) is 12.3 Å². The number of nitrogens with zero attached hydrogens (tertiary/aromatic N) is 6. The predicted molar refractivity (Wildman–Crippen MR) is 108 cm³/mol. The van der Waals surface area contributed by atoms with Crippen molar-refractivity contribution in [2.75, 3.05) is 18.0 Å². The first-order valence-electron chi connectivity index (χ1n) is 10.3. The van der Waals surface area contributed by atoms with Gasteiger partial charge in [0.1, 0.15) is 35.5 Å². The van der Waals surface area contributed by atoms with E-state index >= 15 is 0 Å². The number of rotatable bonds is 3. The summed E-state index contributed by atoms with van der Waals surface area (Å²) in [4.78, 5) is 23.6. The fourth-order valence-corrected chi connectivity index (χ4v) is 5.13. The first-order valence-corrected chi connectivity index (χ1v) is 10.3. The lowest BCUT2D eigenvalue weighted by atomic mass is 10.0. The first-order chi connectivity index (χ1) is 15.0. The molecule has 31 heavy (non-hydrogen) atoms. The monoisotopic (exact) mass is 422 g/mol. The van der Waals surface area contributed by atoms with Crippen LogP contribution in [-0.2, 0) is 4.79 Å². The number of aromatic nitrogens is 2. The summed E-state index contributed by atoms with van der Waals surface area (Å²) in [6, 6.07) is 6.60. The van der Waals surface area contributed by atoms with Crippen LogP contribution in [0.15, 0.2) is 35.7 Å². The van der Waals surface area contributed by atoms with E-state index in [-0.39, 0.29) is 11.8 Å². The van der Waals surface area contributed by atoms with Gasteiger partial charge in [-0.2, -0.15) is 10.4 Å². The minimum atomic E-state index is -0.658. The van der Waals surface area contributed by atoms with Crippen LogP contribution >= 0.6 is 0 Å². The standard InChI is InChI=1S/C22H20F2N6O/c23-17-5-13(6-18(24)7-17)20-1-2-28-30(20)22(31)14-3-15-10-29(11-16(15)4-14)21-8-19(9-25)26-12-27-21/h2,5-8,12,14-16,20H,1,3-4,10-11H2/t14-,15-,16+,20-/m1/s1. The van der Waals surface area contributed by atoms with Gasteiger partial charge in [0.15, 0.2) is 0 Å². The molecule has 7 nitrogen and oxygen atoms in total. The third-order valence-electron chi connectivity index (χ3n) is 6.52. The summed E-state index contributed by atoms with van der Waals surface area (Å²) < 4.78 is 27.4. The SMILES string of the molecule is N#Cc1cc(N2C[C@H]3C[C@@H](C(=O)N4N=CC[C@@H]4c4cc(F)cc(F)c4)C[C@H]3C2)ncn1. The highest BCUT2D eigenvalue weighted by Crippen LogP contribution is 2.44. The molecular formula is C22H20F2N6O. The smallest absolute Gasteiger partial charge is 0.246 e. The highest BCUT2D eigenvalue weighted by molar-refractivity contribution is 5.82. The summed E-state index contributed by atoms with van der Waals surface area (Å²) >= 11 is 0. The van der Waals surface area contributed by atoms with Gasteiger partial charge in [-0.05, 0) is 42.4 Å². The Bertz CT molecular complexity index is 1070. The maximum absolute atomic E-state index is 13.7. The molecule has 2 fully saturated rings. The van der Waals surface area contributed by atoms with Crippen LogP contribution in [-0.4, -0.2) is 40.2 Å². The predicted octanol–water partition coefficient (Wildman–Crippen LogP) is 3.05. The van der Waals surface area contributed by atoms with Crippen molar-refractivity contribution in [1.82, 2.24) is 15.0 Å². The van der Waals surface area contributed by atoms with E-state index in [4.69, 9.17) is 5.26 Å². The average molecular weight is 422 g/mol. The number of halogens is 2. The zero-order chi connectivity index (χ0) is 21.5. The molecule has 5 rings (SSSR count). The molecule has 158 valence electrons. The maximum Gasteiger partial charge on any atom is 0.246 e. The van der Waals surface area contributed by atoms with Gasteiger partial charge < -0.3 is 4.90 Å². The third kappa shape index (κ3) is 3.63. The summed E-state index contributed by atoms with van der Waals surface area (Å²) in [5, 5.41) is 14.7. The molecule has 1 saturated carbocycles. The lowest BCUT2D eigenvalue weighted by Gasteiger charge is -2.26. The van der Waals surface area contributed by atoms with Gasteiger partial charge in [-0.15, -0.1) is 0 Å². The van der Waals surface area contributed by atoms with Gasteiger partial charge in [0, 0.05) is 43.8 Å². The molecule has 0 spiro atoms. The lowest BCUT2D eigenvalue weighted by Crippen LogP contribution is -2.33. The number of fused-ring (bicyclic) bond motifs is 1. The second kappa shape index (κ2) is 7.69. The Morgan fingerprint density at radius 2 is 1.77 bits per heavy atom.